The Hall–Kier alpha value is -2.87. The zero-order chi connectivity index (χ0) is 22.1. The number of aromatic nitrogens is 1. The van der Waals surface area contributed by atoms with Crippen molar-refractivity contribution in [2.75, 3.05) is 13.1 Å². The molecule has 0 N–H and O–H groups in total. The Bertz CT molecular complexity index is 1060. The first kappa shape index (κ1) is 22.8. The first-order valence-corrected chi connectivity index (χ1v) is 11.5. The van der Waals surface area contributed by atoms with Gasteiger partial charge in [0.05, 0.1) is 12.7 Å². The summed E-state index contributed by atoms with van der Waals surface area (Å²) in [6, 6.07) is 12.7. The van der Waals surface area contributed by atoms with E-state index < -0.39 is 0 Å². The molecule has 4 heteroatoms. The average molecular weight is 431 g/mol. The van der Waals surface area contributed by atoms with Gasteiger partial charge in [0.2, 0.25) is 0 Å². The summed E-state index contributed by atoms with van der Waals surface area (Å²) in [6.45, 7) is 11.0. The molecule has 0 amide bonds. The van der Waals surface area contributed by atoms with Crippen molar-refractivity contribution in [1.82, 2.24) is 10.1 Å². The Kier molecular flexibility index (Phi) is 8.06. The van der Waals surface area contributed by atoms with Crippen LogP contribution in [-0.4, -0.2) is 23.1 Å². The molecule has 0 saturated carbocycles. The molecule has 0 bridgehead atoms. The third-order valence-corrected chi connectivity index (χ3v) is 5.35. The molecule has 160 valence electrons. The Morgan fingerprint density at radius 3 is 2.74 bits per heavy atom. The zero-order valence-corrected chi connectivity index (χ0v) is 19.6. The van der Waals surface area contributed by atoms with E-state index in [1.165, 1.54) is 16.7 Å². The second-order valence-electron chi connectivity index (χ2n) is 8.44. The van der Waals surface area contributed by atoms with E-state index in [2.05, 4.69) is 109 Å². The lowest BCUT2D eigenvalue weighted by Gasteiger charge is -2.16. The highest BCUT2D eigenvalue weighted by Gasteiger charge is 2.06. The highest BCUT2D eigenvalue weighted by atomic mass is 32.1. The normalized spacial score (nSPS) is 12.4. The molecule has 0 radical (unpaired) electrons. The Morgan fingerprint density at radius 1 is 1.19 bits per heavy atom. The highest BCUT2D eigenvalue weighted by molar-refractivity contribution is 7.08. The predicted octanol–water partition coefficient (Wildman–Crippen LogP) is 6.91. The molecule has 3 aromatic rings. The molecule has 0 fully saturated rings. The van der Waals surface area contributed by atoms with Gasteiger partial charge in [-0.15, -0.1) is 0 Å². The molecule has 0 unspecified atom stereocenters. The molecular weight excluding hydrogens is 400 g/mol. The zero-order valence-electron chi connectivity index (χ0n) is 18.8. The van der Waals surface area contributed by atoms with E-state index >= 15 is 0 Å². The molecular formula is C27H30N2OS. The summed E-state index contributed by atoms with van der Waals surface area (Å²) in [5.41, 5.74) is 4.64. The van der Waals surface area contributed by atoms with Gasteiger partial charge in [0.15, 0.2) is 5.76 Å². The van der Waals surface area contributed by atoms with Gasteiger partial charge in [-0.3, -0.25) is 4.90 Å². The number of hydrogen-bond donors (Lipinski definition) is 0. The van der Waals surface area contributed by atoms with Gasteiger partial charge in [-0.05, 0) is 73.0 Å². The van der Waals surface area contributed by atoms with Crippen LogP contribution >= 0.6 is 11.3 Å². The fraction of sp³-hybridized carbons (Fsp3) is 0.296. The summed E-state index contributed by atoms with van der Waals surface area (Å²) in [7, 11) is 0. The first-order chi connectivity index (χ1) is 14.9. The number of benzene rings is 1. The van der Waals surface area contributed by atoms with Crippen LogP contribution in [0.3, 0.4) is 0 Å². The highest BCUT2D eigenvalue weighted by Crippen LogP contribution is 2.23. The number of hydrogen-bond acceptors (Lipinski definition) is 4. The monoisotopic (exact) mass is 430 g/mol. The van der Waals surface area contributed by atoms with Crippen LogP contribution < -0.4 is 0 Å². The Balaban J connectivity index is 1.79. The molecule has 2 heterocycles. The largest absolute Gasteiger partial charge is 0.360 e. The minimum absolute atomic E-state index is 0.0456. The van der Waals surface area contributed by atoms with Gasteiger partial charge in [0.25, 0.3) is 0 Å². The number of allylic oxidation sites excluding steroid dienone is 2. The van der Waals surface area contributed by atoms with E-state index in [0.717, 1.165) is 31.0 Å². The lowest BCUT2D eigenvalue weighted by atomic mass is 9.97. The maximum absolute atomic E-state index is 5.26. The topological polar surface area (TPSA) is 29.3 Å². The number of thiophene rings is 1. The van der Waals surface area contributed by atoms with Crippen LogP contribution in [0.1, 0.15) is 39.0 Å². The minimum atomic E-state index is -0.0456. The predicted molar refractivity (Wildman–Crippen MR) is 132 cm³/mol. The van der Waals surface area contributed by atoms with Crippen molar-refractivity contribution in [2.24, 2.45) is 5.41 Å². The first-order valence-electron chi connectivity index (χ1n) is 10.6. The maximum atomic E-state index is 5.26. The molecule has 3 nitrogen and oxygen atoms in total. The molecule has 0 aliphatic rings. The molecule has 2 aromatic heterocycles. The van der Waals surface area contributed by atoms with E-state index in [1.807, 2.05) is 6.07 Å². The van der Waals surface area contributed by atoms with E-state index in [9.17, 15) is 0 Å². The van der Waals surface area contributed by atoms with Crippen LogP contribution in [0.4, 0.5) is 0 Å². The van der Waals surface area contributed by atoms with Crippen LogP contribution in [-0.2, 0) is 6.54 Å². The fourth-order valence-electron chi connectivity index (χ4n) is 2.93. The smallest absolute Gasteiger partial charge is 0.150 e. The Labute approximate surface area is 190 Å². The minimum Gasteiger partial charge on any atom is -0.360 e. The number of nitrogens with zero attached hydrogens (tertiary/aromatic N) is 2. The summed E-state index contributed by atoms with van der Waals surface area (Å²) in [4.78, 5) is 2.30. The maximum Gasteiger partial charge on any atom is 0.150 e. The summed E-state index contributed by atoms with van der Waals surface area (Å²) >= 11 is 1.72. The van der Waals surface area contributed by atoms with Crippen LogP contribution in [0.15, 0.2) is 75.6 Å². The van der Waals surface area contributed by atoms with Crippen LogP contribution in [0.25, 0.3) is 17.2 Å². The molecule has 31 heavy (non-hydrogen) atoms. The van der Waals surface area contributed by atoms with E-state index in [4.69, 9.17) is 4.52 Å². The van der Waals surface area contributed by atoms with E-state index in [0.29, 0.717) is 0 Å². The van der Waals surface area contributed by atoms with Crippen molar-refractivity contribution in [3.05, 3.63) is 82.4 Å². The summed E-state index contributed by atoms with van der Waals surface area (Å²) in [6.07, 6.45) is 8.14. The molecule has 1 aromatic carbocycles. The Morgan fingerprint density at radius 2 is 2.06 bits per heavy atom. The standard InChI is InChI=1S/C27H30N2OS/c1-5-29(20-26-12-16-28-30-26)17-13-22(11-15-27(2,3)4)9-10-23-7-6-8-24(19-23)25-14-18-31-21-25/h6-10,12-14,16,18-19,21H,5,17,20H2,1-4H3/b10-9+,22-13+. The third kappa shape index (κ3) is 7.71. The molecule has 0 aliphatic carbocycles. The summed E-state index contributed by atoms with van der Waals surface area (Å²) < 4.78 is 5.26. The second-order valence-corrected chi connectivity index (χ2v) is 9.22. The van der Waals surface area contributed by atoms with Crippen molar-refractivity contribution in [3.63, 3.8) is 0 Å². The van der Waals surface area contributed by atoms with Gasteiger partial charge >= 0.3 is 0 Å². The van der Waals surface area contributed by atoms with Gasteiger partial charge in [0, 0.05) is 23.6 Å². The van der Waals surface area contributed by atoms with Gasteiger partial charge < -0.3 is 4.52 Å². The van der Waals surface area contributed by atoms with Crippen molar-refractivity contribution in [1.29, 1.82) is 0 Å². The van der Waals surface area contributed by atoms with Gasteiger partial charge in [-0.25, -0.2) is 0 Å². The lowest BCUT2D eigenvalue weighted by Crippen LogP contribution is -2.22. The van der Waals surface area contributed by atoms with Gasteiger partial charge in [-0.2, -0.15) is 11.3 Å². The average Bonchev–Trinajstić information content (AvgIpc) is 3.46. The molecule has 0 spiro atoms. The van der Waals surface area contributed by atoms with Crippen molar-refractivity contribution in [3.8, 4) is 23.0 Å². The van der Waals surface area contributed by atoms with Crippen LogP contribution in [0, 0.1) is 17.3 Å². The van der Waals surface area contributed by atoms with Crippen molar-refractivity contribution >= 4 is 17.4 Å². The number of rotatable bonds is 8. The fourth-order valence-corrected chi connectivity index (χ4v) is 3.60. The number of likely N-dealkylation sites (N-methyl/N-ethyl adjacent to an activating group) is 1. The summed E-state index contributed by atoms with van der Waals surface area (Å²) in [5, 5.41) is 8.09. The van der Waals surface area contributed by atoms with Crippen molar-refractivity contribution in [2.45, 2.75) is 34.2 Å². The summed E-state index contributed by atoms with van der Waals surface area (Å²) in [5.74, 6) is 7.61. The second kappa shape index (κ2) is 10.9. The SMILES string of the molecule is CCN(C/C=C(C#CC(C)(C)C)\C=C\c1cccc(-c2ccsc2)c1)Cc1ccno1. The molecule has 0 atom stereocenters. The molecule has 3 rings (SSSR count). The molecule has 0 saturated heterocycles. The van der Waals surface area contributed by atoms with E-state index in [-0.39, 0.29) is 5.41 Å². The van der Waals surface area contributed by atoms with Gasteiger partial charge in [-0.1, -0.05) is 54.3 Å². The van der Waals surface area contributed by atoms with Crippen LogP contribution in [0.5, 0.6) is 0 Å². The van der Waals surface area contributed by atoms with Gasteiger partial charge in [0.1, 0.15) is 0 Å². The lowest BCUT2D eigenvalue weighted by molar-refractivity contribution is 0.261. The molecule has 0 aliphatic heterocycles. The quantitative estimate of drug-likeness (QED) is 0.287. The van der Waals surface area contributed by atoms with Crippen LogP contribution in [0.2, 0.25) is 0 Å². The van der Waals surface area contributed by atoms with Crippen molar-refractivity contribution < 1.29 is 4.52 Å². The third-order valence-electron chi connectivity index (χ3n) is 4.67. The van der Waals surface area contributed by atoms with E-state index in [1.54, 1.807) is 17.5 Å².